The Labute approximate surface area is 91.0 Å². The van der Waals surface area contributed by atoms with Crippen molar-refractivity contribution in [1.82, 2.24) is 15.3 Å². The van der Waals surface area contributed by atoms with Gasteiger partial charge in [-0.2, -0.15) is 0 Å². The lowest BCUT2D eigenvalue weighted by atomic mass is 9.96. The van der Waals surface area contributed by atoms with E-state index in [1.807, 2.05) is 0 Å². The maximum absolute atomic E-state index is 11.7. The van der Waals surface area contributed by atoms with E-state index in [-0.39, 0.29) is 18.8 Å². The second-order valence-corrected chi connectivity index (χ2v) is 3.52. The van der Waals surface area contributed by atoms with Crippen LogP contribution in [0.5, 0.6) is 0 Å². The predicted octanol–water partition coefficient (Wildman–Crippen LogP) is -1.54. The molecule has 2 rings (SSSR count). The zero-order chi connectivity index (χ0) is 11.6. The molecular weight excluding hydrogens is 212 g/mol. The molecule has 0 bridgehead atoms. The highest BCUT2D eigenvalue weighted by Crippen LogP contribution is 2.16. The third-order valence-electron chi connectivity index (χ3n) is 2.34. The summed E-state index contributed by atoms with van der Waals surface area (Å²) < 4.78 is 4.89. The molecule has 0 aromatic carbocycles. The first-order valence-corrected chi connectivity index (χ1v) is 4.59. The molecule has 1 fully saturated rings. The molecule has 2 heterocycles. The maximum Gasteiger partial charge on any atom is 0.255 e. The largest absolute Gasteiger partial charge is 0.375 e. The van der Waals surface area contributed by atoms with E-state index in [4.69, 9.17) is 10.5 Å². The first-order valence-electron chi connectivity index (χ1n) is 4.59. The van der Waals surface area contributed by atoms with E-state index in [0.29, 0.717) is 0 Å². The number of hydrogen-bond acceptors (Lipinski definition) is 5. The Bertz CT molecular complexity index is 416. The van der Waals surface area contributed by atoms with E-state index in [1.165, 1.54) is 18.7 Å². The van der Waals surface area contributed by atoms with Gasteiger partial charge in [0, 0.05) is 12.4 Å². The van der Waals surface area contributed by atoms with Crippen molar-refractivity contribution in [3.05, 3.63) is 24.3 Å². The fraction of sp³-hybridized carbons (Fsp3) is 0.333. The summed E-state index contributed by atoms with van der Waals surface area (Å²) in [5, 5.41) is 2.53. The Morgan fingerprint density at radius 1 is 1.38 bits per heavy atom. The van der Waals surface area contributed by atoms with Crippen LogP contribution in [-0.4, -0.2) is 40.5 Å². The highest BCUT2D eigenvalue weighted by molar-refractivity contribution is 5.99. The molecule has 16 heavy (non-hydrogen) atoms. The molecule has 7 nitrogen and oxygen atoms in total. The number of hydrogen-bond donors (Lipinski definition) is 2. The number of nitrogens with one attached hydrogen (secondary N) is 1. The summed E-state index contributed by atoms with van der Waals surface area (Å²) in [6.45, 7) is 0.198. The van der Waals surface area contributed by atoms with Crippen LogP contribution >= 0.6 is 0 Å². The Balaban J connectivity index is 2.10. The zero-order valence-corrected chi connectivity index (χ0v) is 8.34. The first-order chi connectivity index (χ1) is 7.64. The van der Waals surface area contributed by atoms with Crippen molar-refractivity contribution in [1.29, 1.82) is 0 Å². The van der Waals surface area contributed by atoms with Crippen LogP contribution in [0.25, 0.3) is 0 Å². The summed E-state index contributed by atoms with van der Waals surface area (Å²) in [6.07, 6.45) is 4.03. The van der Waals surface area contributed by atoms with Crippen LogP contribution < -0.4 is 11.1 Å². The number of primary amides is 1. The average molecular weight is 222 g/mol. The highest BCUT2D eigenvalue weighted by Gasteiger charge is 2.46. The molecule has 1 aliphatic heterocycles. The van der Waals surface area contributed by atoms with Crippen LogP contribution in [0.15, 0.2) is 18.7 Å². The van der Waals surface area contributed by atoms with E-state index < -0.39 is 17.4 Å². The first kappa shape index (κ1) is 10.5. The zero-order valence-electron chi connectivity index (χ0n) is 8.34. The summed E-state index contributed by atoms with van der Waals surface area (Å²) in [5.74, 6) is -1.05. The van der Waals surface area contributed by atoms with Gasteiger partial charge in [-0.3, -0.25) is 9.59 Å². The quantitative estimate of drug-likeness (QED) is 0.644. The molecule has 1 saturated heterocycles. The maximum atomic E-state index is 11.7. The second-order valence-electron chi connectivity index (χ2n) is 3.52. The number of nitrogens with zero attached hydrogens (tertiary/aromatic N) is 2. The van der Waals surface area contributed by atoms with Crippen molar-refractivity contribution in [3.63, 3.8) is 0 Å². The lowest BCUT2D eigenvalue weighted by Gasteiger charge is -2.38. The van der Waals surface area contributed by atoms with Gasteiger partial charge in [0.05, 0.1) is 18.8 Å². The van der Waals surface area contributed by atoms with Crippen LogP contribution in [0.4, 0.5) is 0 Å². The van der Waals surface area contributed by atoms with E-state index >= 15 is 0 Å². The van der Waals surface area contributed by atoms with Crippen LogP contribution in [-0.2, 0) is 9.53 Å². The van der Waals surface area contributed by atoms with Crippen molar-refractivity contribution in [3.8, 4) is 0 Å². The summed E-state index contributed by atoms with van der Waals surface area (Å²) in [7, 11) is 0. The normalized spacial score (nSPS) is 17.2. The van der Waals surface area contributed by atoms with E-state index in [1.54, 1.807) is 0 Å². The monoisotopic (exact) mass is 222 g/mol. The van der Waals surface area contributed by atoms with Gasteiger partial charge in [0.15, 0.2) is 5.54 Å². The second kappa shape index (κ2) is 3.86. The molecule has 1 aromatic heterocycles. The molecule has 7 heteroatoms. The molecule has 0 radical (unpaired) electrons. The topological polar surface area (TPSA) is 107 Å². The summed E-state index contributed by atoms with van der Waals surface area (Å²) >= 11 is 0. The Morgan fingerprint density at radius 2 is 2.00 bits per heavy atom. The highest BCUT2D eigenvalue weighted by atomic mass is 16.5. The van der Waals surface area contributed by atoms with E-state index in [9.17, 15) is 9.59 Å². The van der Waals surface area contributed by atoms with Gasteiger partial charge in [-0.05, 0) is 0 Å². The molecule has 0 unspecified atom stereocenters. The molecule has 3 N–H and O–H groups in total. The van der Waals surface area contributed by atoms with Gasteiger partial charge in [-0.15, -0.1) is 0 Å². The van der Waals surface area contributed by atoms with Crippen LogP contribution in [0, 0.1) is 0 Å². The predicted molar refractivity (Wildman–Crippen MR) is 52.2 cm³/mol. The molecule has 2 amide bonds. The average Bonchev–Trinajstić information content (AvgIpc) is 2.24. The number of carbonyl (C=O) groups excluding carboxylic acids is 2. The smallest absolute Gasteiger partial charge is 0.255 e. The van der Waals surface area contributed by atoms with Gasteiger partial charge in [0.2, 0.25) is 5.91 Å². The lowest BCUT2D eigenvalue weighted by molar-refractivity contribution is -0.143. The van der Waals surface area contributed by atoms with Crippen molar-refractivity contribution in [2.45, 2.75) is 5.54 Å². The number of amides is 2. The van der Waals surface area contributed by atoms with Gasteiger partial charge in [-0.25, -0.2) is 9.97 Å². The third kappa shape index (κ3) is 1.72. The fourth-order valence-electron chi connectivity index (χ4n) is 1.29. The molecule has 0 saturated carbocycles. The molecule has 0 spiro atoms. The van der Waals surface area contributed by atoms with E-state index in [0.717, 1.165) is 0 Å². The molecule has 0 atom stereocenters. The van der Waals surface area contributed by atoms with Gasteiger partial charge in [-0.1, -0.05) is 0 Å². The number of carbonyl (C=O) groups is 2. The Morgan fingerprint density at radius 3 is 2.44 bits per heavy atom. The SMILES string of the molecule is NC(=O)C1(NC(=O)c2cncnc2)COC1. The van der Waals surface area contributed by atoms with Crippen molar-refractivity contribution in [2.24, 2.45) is 5.73 Å². The number of rotatable bonds is 3. The molecule has 0 aliphatic carbocycles. The Hall–Kier alpha value is -2.02. The van der Waals surface area contributed by atoms with Crippen molar-refractivity contribution < 1.29 is 14.3 Å². The summed E-state index contributed by atoms with van der Waals surface area (Å²) in [5.41, 5.74) is 4.38. The summed E-state index contributed by atoms with van der Waals surface area (Å²) in [6, 6.07) is 0. The molecule has 1 aromatic rings. The van der Waals surface area contributed by atoms with Crippen LogP contribution in [0.2, 0.25) is 0 Å². The minimum atomic E-state index is -1.09. The third-order valence-corrected chi connectivity index (χ3v) is 2.34. The lowest BCUT2D eigenvalue weighted by Crippen LogP contribution is -2.69. The van der Waals surface area contributed by atoms with Gasteiger partial charge in [0.25, 0.3) is 5.91 Å². The number of aromatic nitrogens is 2. The number of nitrogens with two attached hydrogens (primary N) is 1. The molecular formula is C9H10N4O3. The molecule has 1 aliphatic rings. The minimum Gasteiger partial charge on any atom is -0.375 e. The van der Waals surface area contributed by atoms with Gasteiger partial charge in [0.1, 0.15) is 6.33 Å². The van der Waals surface area contributed by atoms with E-state index in [2.05, 4.69) is 15.3 Å². The minimum absolute atomic E-state index is 0.0990. The van der Waals surface area contributed by atoms with Crippen LogP contribution in [0.3, 0.4) is 0 Å². The Kier molecular flexibility index (Phi) is 2.53. The molecule has 84 valence electrons. The fourth-order valence-corrected chi connectivity index (χ4v) is 1.29. The van der Waals surface area contributed by atoms with Crippen molar-refractivity contribution in [2.75, 3.05) is 13.2 Å². The summed E-state index contributed by atoms with van der Waals surface area (Å²) in [4.78, 5) is 30.3. The van der Waals surface area contributed by atoms with Crippen LogP contribution in [0.1, 0.15) is 10.4 Å². The van der Waals surface area contributed by atoms with Gasteiger partial charge < -0.3 is 15.8 Å². The van der Waals surface area contributed by atoms with Gasteiger partial charge >= 0.3 is 0 Å². The number of ether oxygens (including phenoxy) is 1. The van der Waals surface area contributed by atoms with Crippen molar-refractivity contribution >= 4 is 11.8 Å². The standard InChI is InChI=1S/C9H10N4O3/c10-8(15)9(3-16-4-9)13-7(14)6-1-11-5-12-2-6/h1-2,5H,3-4H2,(H2,10,15)(H,13,14).